The summed E-state index contributed by atoms with van der Waals surface area (Å²) in [6, 6.07) is 6.12. The van der Waals surface area contributed by atoms with Gasteiger partial charge in [-0.1, -0.05) is 23.9 Å². The van der Waals surface area contributed by atoms with Crippen molar-refractivity contribution in [2.75, 3.05) is 29.5 Å². The topological polar surface area (TPSA) is 87.4 Å². The van der Waals surface area contributed by atoms with Crippen molar-refractivity contribution < 1.29 is 5.11 Å². The number of rotatable bonds is 5. The molecule has 1 aromatic carbocycles. The molecule has 1 aliphatic heterocycles. The van der Waals surface area contributed by atoms with Crippen LogP contribution in [0.3, 0.4) is 0 Å². The highest BCUT2D eigenvalue weighted by molar-refractivity contribution is 7.99. The first kappa shape index (κ1) is 17.8. The van der Waals surface area contributed by atoms with Crippen LogP contribution < -0.4 is 16.3 Å². The minimum Gasteiger partial charge on any atom is -0.354 e. The monoisotopic (exact) mass is 360 g/mol. The fourth-order valence-corrected chi connectivity index (χ4v) is 3.75. The molecule has 0 fully saturated rings. The van der Waals surface area contributed by atoms with Crippen molar-refractivity contribution in [2.24, 2.45) is 4.99 Å². The van der Waals surface area contributed by atoms with Gasteiger partial charge in [-0.3, -0.25) is 4.99 Å². The zero-order chi connectivity index (χ0) is 18.0. The van der Waals surface area contributed by atoms with E-state index in [-0.39, 0.29) is 0 Å². The molecule has 0 bridgehead atoms. The fraction of sp³-hybridized carbons (Fsp3) is 0.471. The number of aliphatic hydroxyl groups is 1. The maximum Gasteiger partial charge on any atom is 0.234 e. The van der Waals surface area contributed by atoms with Crippen LogP contribution in [0.5, 0.6) is 0 Å². The quantitative estimate of drug-likeness (QED) is 0.708. The van der Waals surface area contributed by atoms with Gasteiger partial charge in [0.2, 0.25) is 17.4 Å². The second kappa shape index (κ2) is 7.05. The minimum absolute atomic E-state index is 0.427. The molecule has 25 heavy (non-hydrogen) atoms. The molecule has 0 saturated carbocycles. The van der Waals surface area contributed by atoms with Crippen molar-refractivity contribution in [1.82, 2.24) is 14.5 Å². The van der Waals surface area contributed by atoms with Crippen molar-refractivity contribution in [1.29, 1.82) is 0 Å². The van der Waals surface area contributed by atoms with Crippen molar-refractivity contribution >= 4 is 23.4 Å². The lowest BCUT2D eigenvalue weighted by atomic mass is 10.1. The summed E-state index contributed by atoms with van der Waals surface area (Å²) in [4.78, 5) is 13.4. The molecule has 1 atom stereocenters. The van der Waals surface area contributed by atoms with E-state index in [4.69, 9.17) is 0 Å². The normalized spacial score (nSPS) is 19.8. The van der Waals surface area contributed by atoms with Crippen molar-refractivity contribution in [3.05, 3.63) is 34.9 Å². The Hall–Kier alpha value is -2.06. The van der Waals surface area contributed by atoms with Gasteiger partial charge in [-0.25, -0.2) is 4.57 Å². The number of benzene rings is 1. The van der Waals surface area contributed by atoms with E-state index in [2.05, 4.69) is 31.7 Å². The summed E-state index contributed by atoms with van der Waals surface area (Å²) in [6.07, 6.45) is 0. The van der Waals surface area contributed by atoms with E-state index in [1.54, 1.807) is 4.57 Å². The molecule has 8 heteroatoms. The number of aromatic nitrogens is 3. The largest absolute Gasteiger partial charge is 0.354 e. The molecule has 2 heterocycles. The lowest BCUT2D eigenvalue weighted by Crippen LogP contribution is -2.48. The molecule has 2 aromatic rings. The third-order valence-corrected chi connectivity index (χ3v) is 5.01. The summed E-state index contributed by atoms with van der Waals surface area (Å²) in [5, 5.41) is 18.4. The smallest absolute Gasteiger partial charge is 0.234 e. The Kier molecular flexibility index (Phi) is 5.01. The molecule has 0 saturated heterocycles. The lowest BCUT2D eigenvalue weighted by molar-refractivity contribution is 0.00812. The average Bonchev–Trinajstić information content (AvgIpc) is 2.89. The van der Waals surface area contributed by atoms with Crippen LogP contribution in [0.15, 0.2) is 28.3 Å². The van der Waals surface area contributed by atoms with E-state index in [0.29, 0.717) is 29.0 Å². The van der Waals surface area contributed by atoms with Crippen LogP contribution in [0, 0.1) is 13.8 Å². The number of thioether (sulfide) groups is 1. The van der Waals surface area contributed by atoms with Gasteiger partial charge >= 0.3 is 0 Å². The van der Waals surface area contributed by atoms with Gasteiger partial charge in [0.05, 0.1) is 5.75 Å². The van der Waals surface area contributed by atoms with Crippen molar-refractivity contribution in [3.63, 3.8) is 0 Å². The second-order valence-corrected chi connectivity index (χ2v) is 6.96. The van der Waals surface area contributed by atoms with E-state index >= 15 is 0 Å². The van der Waals surface area contributed by atoms with Gasteiger partial charge in [-0.15, -0.1) is 0 Å². The van der Waals surface area contributed by atoms with Crippen molar-refractivity contribution in [2.45, 2.75) is 38.7 Å². The van der Waals surface area contributed by atoms with Gasteiger partial charge in [0.15, 0.2) is 5.16 Å². The van der Waals surface area contributed by atoms with Crippen LogP contribution in [-0.4, -0.2) is 38.5 Å². The third-order valence-electron chi connectivity index (χ3n) is 3.93. The zero-order valence-electron chi connectivity index (χ0n) is 15.0. The standard InChI is InChI=1S/C17H24N6OS/c1-5-18-14-20-15(19-6-2)23-16(21-14)25-10-17(23,24)22-13-9-11(3)7-8-12(13)4/h7-9,22,24H,5-6,10H2,1-4H3,(H,18,19,20)/t17-/m0/s1. The minimum atomic E-state index is -1.32. The van der Waals surface area contributed by atoms with Gasteiger partial charge in [0, 0.05) is 18.8 Å². The first-order chi connectivity index (χ1) is 12.0. The number of hydrogen-bond acceptors (Lipinski definition) is 7. The molecule has 0 amide bonds. The Balaban J connectivity index is 2.08. The molecule has 0 radical (unpaired) electrons. The highest BCUT2D eigenvalue weighted by Gasteiger charge is 2.39. The molecule has 3 N–H and O–H groups in total. The predicted octanol–water partition coefficient (Wildman–Crippen LogP) is 2.07. The molecule has 0 spiro atoms. The Morgan fingerprint density at radius 2 is 2.12 bits per heavy atom. The number of nitrogens with one attached hydrogen (secondary N) is 2. The molecule has 7 nitrogen and oxygen atoms in total. The maximum absolute atomic E-state index is 11.3. The van der Waals surface area contributed by atoms with Gasteiger partial charge in [-0.2, -0.15) is 9.97 Å². The Labute approximate surface area is 151 Å². The Morgan fingerprint density at radius 1 is 1.32 bits per heavy atom. The fourth-order valence-electron chi connectivity index (χ4n) is 2.71. The maximum atomic E-state index is 11.3. The first-order valence-electron chi connectivity index (χ1n) is 8.43. The number of hydrogen-bond donors (Lipinski definition) is 3. The summed E-state index contributed by atoms with van der Waals surface area (Å²) >= 11 is 1.48. The number of aryl methyl sites for hydroxylation is 2. The second-order valence-electron chi connectivity index (χ2n) is 6.02. The number of fused-ring (bicyclic) bond motifs is 1. The van der Waals surface area contributed by atoms with Crippen LogP contribution >= 0.6 is 11.8 Å². The Bertz CT molecular complexity index is 850. The van der Waals surface area contributed by atoms with E-state index < -0.39 is 5.85 Å². The molecule has 0 aliphatic carbocycles. The van der Waals surface area contributed by atoms with Crippen LogP contribution in [0.4, 0.5) is 11.6 Å². The van der Waals surface area contributed by atoms with Crippen LogP contribution in [0.2, 0.25) is 0 Å². The molecule has 1 aromatic heterocycles. The summed E-state index contributed by atoms with van der Waals surface area (Å²) in [6.45, 7) is 9.29. The van der Waals surface area contributed by atoms with Crippen LogP contribution in [0.1, 0.15) is 25.0 Å². The van der Waals surface area contributed by atoms with Crippen molar-refractivity contribution in [3.8, 4) is 0 Å². The summed E-state index contributed by atoms with van der Waals surface area (Å²) in [5.74, 6) is -0.363. The van der Waals surface area contributed by atoms with Gasteiger partial charge in [0.25, 0.3) is 0 Å². The van der Waals surface area contributed by atoms with E-state index in [1.165, 1.54) is 11.8 Å². The summed E-state index contributed by atoms with van der Waals surface area (Å²) in [5.41, 5.74) is 3.55. The molecular weight excluding hydrogens is 336 g/mol. The molecule has 134 valence electrons. The average molecular weight is 360 g/mol. The van der Waals surface area contributed by atoms with Gasteiger partial charge < -0.3 is 15.7 Å². The summed E-state index contributed by atoms with van der Waals surface area (Å²) < 4.78 is 1.68. The summed E-state index contributed by atoms with van der Waals surface area (Å²) in [7, 11) is 0. The van der Waals surface area contributed by atoms with Gasteiger partial charge in [0.1, 0.15) is 0 Å². The molecule has 3 rings (SSSR count). The van der Waals surface area contributed by atoms with E-state index in [0.717, 1.165) is 23.4 Å². The first-order valence-corrected chi connectivity index (χ1v) is 9.42. The molecule has 1 aliphatic rings. The number of nitrogens with zero attached hydrogens (tertiary/aromatic N) is 4. The number of anilines is 2. The third kappa shape index (κ3) is 3.50. The van der Waals surface area contributed by atoms with E-state index in [9.17, 15) is 5.11 Å². The van der Waals surface area contributed by atoms with Crippen LogP contribution in [0.25, 0.3) is 0 Å². The molecule has 0 unspecified atom stereocenters. The van der Waals surface area contributed by atoms with E-state index in [1.807, 2.05) is 39.8 Å². The highest BCUT2D eigenvalue weighted by Crippen LogP contribution is 2.35. The Morgan fingerprint density at radius 3 is 2.84 bits per heavy atom. The van der Waals surface area contributed by atoms with Crippen LogP contribution in [-0.2, 0) is 5.85 Å². The SMILES string of the molecule is CCN=c1nc(NCC)nc2n1[C@@](O)(Nc1cc(C)ccc1C)CS2. The highest BCUT2D eigenvalue weighted by atomic mass is 32.2. The van der Waals surface area contributed by atoms with Gasteiger partial charge in [-0.05, 0) is 44.9 Å². The lowest BCUT2D eigenvalue weighted by Gasteiger charge is -2.28. The molecular formula is C17H24N6OS. The zero-order valence-corrected chi connectivity index (χ0v) is 15.8. The predicted molar refractivity (Wildman–Crippen MR) is 101 cm³/mol.